The first-order valence-electron chi connectivity index (χ1n) is 8.42. The van der Waals surface area contributed by atoms with Gasteiger partial charge in [-0.25, -0.2) is 4.98 Å². The summed E-state index contributed by atoms with van der Waals surface area (Å²) in [5.41, 5.74) is 5.59. The van der Waals surface area contributed by atoms with Crippen molar-refractivity contribution >= 4 is 11.3 Å². The molecular formula is C22H18N2OS. The van der Waals surface area contributed by atoms with E-state index < -0.39 is 0 Å². The van der Waals surface area contributed by atoms with E-state index in [2.05, 4.69) is 17.1 Å². The molecule has 0 unspecified atom stereocenters. The van der Waals surface area contributed by atoms with Crippen molar-refractivity contribution in [3.63, 3.8) is 0 Å². The Labute approximate surface area is 156 Å². The van der Waals surface area contributed by atoms with Gasteiger partial charge in [0, 0.05) is 23.7 Å². The maximum atomic E-state index is 13.1. The first kappa shape index (κ1) is 16.5. The van der Waals surface area contributed by atoms with E-state index in [1.807, 2.05) is 73.9 Å². The molecule has 3 nitrogen and oxygen atoms in total. The SMILES string of the molecule is Cc1csc(-c2cc(-c3ccccc3)c(-c3ccccc3)n(C)c2=O)n1. The summed E-state index contributed by atoms with van der Waals surface area (Å²) in [4.78, 5) is 17.6. The topological polar surface area (TPSA) is 34.9 Å². The van der Waals surface area contributed by atoms with E-state index in [4.69, 9.17) is 0 Å². The zero-order chi connectivity index (χ0) is 18.1. The van der Waals surface area contributed by atoms with Gasteiger partial charge < -0.3 is 4.57 Å². The minimum Gasteiger partial charge on any atom is -0.310 e. The molecule has 0 saturated heterocycles. The Balaban J connectivity index is 2.06. The minimum absolute atomic E-state index is 0.0297. The van der Waals surface area contributed by atoms with Crippen LogP contribution in [-0.2, 0) is 7.05 Å². The van der Waals surface area contributed by atoms with Crippen LogP contribution in [0.5, 0.6) is 0 Å². The molecule has 0 bridgehead atoms. The molecule has 0 fully saturated rings. The third-order valence-electron chi connectivity index (χ3n) is 4.40. The number of hydrogen-bond donors (Lipinski definition) is 0. The van der Waals surface area contributed by atoms with Gasteiger partial charge in [-0.3, -0.25) is 4.79 Å². The highest BCUT2D eigenvalue weighted by molar-refractivity contribution is 7.13. The molecule has 4 heteroatoms. The van der Waals surface area contributed by atoms with E-state index in [0.29, 0.717) is 5.56 Å². The van der Waals surface area contributed by atoms with Gasteiger partial charge in [-0.15, -0.1) is 11.3 Å². The lowest BCUT2D eigenvalue weighted by Crippen LogP contribution is -2.21. The Morgan fingerprint density at radius 3 is 2.08 bits per heavy atom. The van der Waals surface area contributed by atoms with Gasteiger partial charge in [0.1, 0.15) is 5.01 Å². The van der Waals surface area contributed by atoms with E-state index in [0.717, 1.165) is 33.1 Å². The Kier molecular flexibility index (Phi) is 4.27. The third kappa shape index (κ3) is 2.89. The zero-order valence-corrected chi connectivity index (χ0v) is 15.5. The molecule has 0 aliphatic rings. The Bertz CT molecular complexity index is 1110. The molecule has 0 saturated carbocycles. The highest BCUT2D eigenvalue weighted by atomic mass is 32.1. The highest BCUT2D eigenvalue weighted by Gasteiger charge is 2.18. The average Bonchev–Trinajstić information content (AvgIpc) is 3.11. The molecule has 0 spiro atoms. The van der Waals surface area contributed by atoms with Gasteiger partial charge in [-0.1, -0.05) is 60.7 Å². The second-order valence-corrected chi connectivity index (χ2v) is 7.07. The summed E-state index contributed by atoms with van der Waals surface area (Å²) < 4.78 is 1.74. The lowest BCUT2D eigenvalue weighted by molar-refractivity contribution is 0.874. The lowest BCUT2D eigenvalue weighted by atomic mass is 9.97. The van der Waals surface area contributed by atoms with Crippen LogP contribution in [0, 0.1) is 6.92 Å². The van der Waals surface area contributed by atoms with Gasteiger partial charge in [-0.2, -0.15) is 0 Å². The van der Waals surface area contributed by atoms with Crippen LogP contribution in [0.15, 0.2) is 76.9 Å². The van der Waals surface area contributed by atoms with Gasteiger partial charge in [-0.05, 0) is 24.1 Å². The summed E-state index contributed by atoms with van der Waals surface area (Å²) in [6.07, 6.45) is 0. The van der Waals surface area contributed by atoms with Crippen molar-refractivity contribution < 1.29 is 0 Å². The fourth-order valence-electron chi connectivity index (χ4n) is 3.15. The molecule has 0 N–H and O–H groups in total. The molecule has 2 heterocycles. The predicted octanol–water partition coefficient (Wildman–Crippen LogP) is 5.15. The van der Waals surface area contributed by atoms with Crippen LogP contribution in [0.3, 0.4) is 0 Å². The number of thiazole rings is 1. The number of hydrogen-bond acceptors (Lipinski definition) is 3. The number of pyridine rings is 1. The van der Waals surface area contributed by atoms with Crippen molar-refractivity contribution in [2.24, 2.45) is 7.05 Å². The first-order valence-corrected chi connectivity index (χ1v) is 9.30. The Morgan fingerprint density at radius 1 is 0.885 bits per heavy atom. The van der Waals surface area contributed by atoms with Crippen molar-refractivity contribution in [3.8, 4) is 33.0 Å². The van der Waals surface area contributed by atoms with E-state index >= 15 is 0 Å². The summed E-state index contributed by atoms with van der Waals surface area (Å²) in [6, 6.07) is 22.2. The molecular weight excluding hydrogens is 340 g/mol. The normalized spacial score (nSPS) is 10.8. The summed E-state index contributed by atoms with van der Waals surface area (Å²) >= 11 is 1.51. The molecule has 0 aliphatic carbocycles. The van der Waals surface area contributed by atoms with Crippen molar-refractivity contribution in [1.29, 1.82) is 0 Å². The van der Waals surface area contributed by atoms with Crippen molar-refractivity contribution in [2.75, 3.05) is 0 Å². The molecule has 0 radical (unpaired) electrons. The third-order valence-corrected chi connectivity index (χ3v) is 5.39. The smallest absolute Gasteiger partial charge is 0.261 e. The van der Waals surface area contributed by atoms with E-state index in [1.165, 1.54) is 11.3 Å². The van der Waals surface area contributed by atoms with E-state index in [9.17, 15) is 4.79 Å². The standard InChI is InChI=1S/C22H18N2OS/c1-15-14-26-21(23-15)19-13-18(16-9-5-3-6-10-16)20(24(2)22(19)25)17-11-7-4-8-12-17/h3-14H,1-2H3. The van der Waals surface area contributed by atoms with Crippen LogP contribution >= 0.6 is 11.3 Å². The van der Waals surface area contributed by atoms with Crippen LogP contribution in [0.25, 0.3) is 33.0 Å². The maximum absolute atomic E-state index is 13.1. The van der Waals surface area contributed by atoms with Crippen LogP contribution in [-0.4, -0.2) is 9.55 Å². The van der Waals surface area contributed by atoms with Crippen molar-refractivity contribution in [2.45, 2.75) is 6.92 Å². The van der Waals surface area contributed by atoms with Gasteiger partial charge in [0.05, 0.1) is 11.3 Å². The minimum atomic E-state index is -0.0297. The van der Waals surface area contributed by atoms with Crippen LogP contribution in [0.1, 0.15) is 5.69 Å². The van der Waals surface area contributed by atoms with E-state index in [-0.39, 0.29) is 5.56 Å². The predicted molar refractivity (Wildman–Crippen MR) is 108 cm³/mol. The Hall–Kier alpha value is -2.98. The number of benzene rings is 2. The molecule has 2 aromatic carbocycles. The number of aryl methyl sites for hydroxylation is 1. The largest absolute Gasteiger partial charge is 0.310 e. The zero-order valence-electron chi connectivity index (χ0n) is 14.6. The molecule has 4 aromatic rings. The van der Waals surface area contributed by atoms with Crippen LogP contribution in [0.2, 0.25) is 0 Å². The van der Waals surface area contributed by atoms with Gasteiger partial charge in [0.2, 0.25) is 0 Å². The molecule has 128 valence electrons. The molecule has 2 aromatic heterocycles. The van der Waals surface area contributed by atoms with Crippen molar-refractivity contribution in [3.05, 3.63) is 88.2 Å². The quantitative estimate of drug-likeness (QED) is 0.507. The van der Waals surface area contributed by atoms with Gasteiger partial charge >= 0.3 is 0 Å². The van der Waals surface area contributed by atoms with E-state index in [1.54, 1.807) is 4.57 Å². The summed E-state index contributed by atoms with van der Waals surface area (Å²) in [5, 5.41) is 2.74. The second kappa shape index (κ2) is 6.73. The molecule has 0 amide bonds. The first-order chi connectivity index (χ1) is 12.6. The summed E-state index contributed by atoms with van der Waals surface area (Å²) in [6.45, 7) is 1.95. The second-order valence-electron chi connectivity index (χ2n) is 6.21. The Morgan fingerprint density at radius 2 is 1.50 bits per heavy atom. The average molecular weight is 358 g/mol. The van der Waals surface area contributed by atoms with Crippen LogP contribution in [0.4, 0.5) is 0 Å². The summed E-state index contributed by atoms with van der Waals surface area (Å²) in [5.74, 6) is 0. The highest BCUT2D eigenvalue weighted by Crippen LogP contribution is 2.34. The lowest BCUT2D eigenvalue weighted by Gasteiger charge is -2.16. The molecule has 26 heavy (non-hydrogen) atoms. The molecule has 0 aliphatic heterocycles. The van der Waals surface area contributed by atoms with Crippen molar-refractivity contribution in [1.82, 2.24) is 9.55 Å². The van der Waals surface area contributed by atoms with Gasteiger partial charge in [0.25, 0.3) is 5.56 Å². The monoisotopic (exact) mass is 358 g/mol. The molecule has 0 atom stereocenters. The van der Waals surface area contributed by atoms with Gasteiger partial charge in [0.15, 0.2) is 0 Å². The number of rotatable bonds is 3. The number of aromatic nitrogens is 2. The maximum Gasteiger partial charge on any atom is 0.261 e. The fraction of sp³-hybridized carbons (Fsp3) is 0.0909. The molecule has 4 rings (SSSR count). The number of nitrogens with zero attached hydrogens (tertiary/aromatic N) is 2. The van der Waals surface area contributed by atoms with Crippen LogP contribution < -0.4 is 5.56 Å². The fourth-order valence-corrected chi connectivity index (χ4v) is 3.96. The summed E-state index contributed by atoms with van der Waals surface area (Å²) in [7, 11) is 1.83.